The number of aliphatic hydroxyl groups excluding tert-OH is 1. The molecular weight excluding hydrogens is 186 g/mol. The van der Waals surface area contributed by atoms with Crippen LogP contribution >= 0.6 is 11.8 Å². The summed E-state index contributed by atoms with van der Waals surface area (Å²) in [4.78, 5) is 2.04. The Bertz CT molecular complexity index is 152. The first-order valence-electron chi connectivity index (χ1n) is 4.22. The molecule has 0 saturated carbocycles. The fourth-order valence-corrected chi connectivity index (χ4v) is 1.35. The van der Waals surface area contributed by atoms with Crippen molar-refractivity contribution in [2.24, 2.45) is 5.73 Å². The number of hydrogen-bond acceptors (Lipinski definition) is 5. The maximum atomic E-state index is 8.69. The lowest BCUT2D eigenvalue weighted by atomic mass is 10.4. The van der Waals surface area contributed by atoms with Crippen LogP contribution < -0.4 is 11.1 Å². The summed E-state index contributed by atoms with van der Waals surface area (Å²) in [5.41, 5.74) is 6.48. The zero-order valence-electron chi connectivity index (χ0n) is 8.29. The maximum Gasteiger partial charge on any atom is 0.0558 e. The van der Waals surface area contributed by atoms with Gasteiger partial charge in [-0.2, -0.15) is 0 Å². The molecule has 0 aromatic heterocycles. The van der Waals surface area contributed by atoms with Crippen molar-refractivity contribution >= 4 is 11.8 Å². The smallest absolute Gasteiger partial charge is 0.0558 e. The predicted octanol–water partition coefficient (Wildman–Crippen LogP) is -0.379. The molecule has 0 bridgehead atoms. The van der Waals surface area contributed by atoms with Crippen LogP contribution in [0.25, 0.3) is 0 Å². The van der Waals surface area contributed by atoms with Crippen molar-refractivity contribution in [3.63, 3.8) is 0 Å². The first-order chi connectivity index (χ1) is 6.24. The molecule has 0 saturated heterocycles. The second kappa shape index (κ2) is 8.37. The van der Waals surface area contributed by atoms with Crippen LogP contribution in [-0.4, -0.2) is 49.7 Å². The normalized spacial score (nSPS) is 12.2. The van der Waals surface area contributed by atoms with Gasteiger partial charge in [0, 0.05) is 31.7 Å². The minimum Gasteiger partial charge on any atom is -0.395 e. The van der Waals surface area contributed by atoms with Crippen molar-refractivity contribution in [1.82, 2.24) is 10.2 Å². The molecule has 0 radical (unpaired) electrons. The monoisotopic (exact) mass is 205 g/mol. The van der Waals surface area contributed by atoms with Gasteiger partial charge >= 0.3 is 0 Å². The van der Waals surface area contributed by atoms with E-state index in [-0.39, 0.29) is 6.61 Å². The third-order valence-electron chi connectivity index (χ3n) is 1.56. The molecule has 78 valence electrons. The summed E-state index contributed by atoms with van der Waals surface area (Å²) in [6.45, 7) is 1.69. The van der Waals surface area contributed by atoms with Gasteiger partial charge in [-0.3, -0.25) is 4.90 Å². The van der Waals surface area contributed by atoms with E-state index in [4.69, 9.17) is 10.8 Å². The number of rotatable bonds is 7. The van der Waals surface area contributed by atoms with Gasteiger partial charge in [-0.05, 0) is 12.5 Å². The molecule has 0 rings (SSSR count). The summed E-state index contributed by atoms with van der Waals surface area (Å²) in [6, 6.07) is 0. The van der Waals surface area contributed by atoms with E-state index in [0.717, 1.165) is 12.2 Å². The number of hydrogen-bond donors (Lipinski definition) is 3. The highest BCUT2D eigenvalue weighted by atomic mass is 32.2. The summed E-state index contributed by atoms with van der Waals surface area (Å²) in [7, 11) is 3.85. The van der Waals surface area contributed by atoms with Gasteiger partial charge in [0.25, 0.3) is 0 Å². The molecule has 0 aromatic rings. The molecule has 0 aromatic carbocycles. The highest BCUT2D eigenvalue weighted by Crippen LogP contribution is 2.03. The largest absolute Gasteiger partial charge is 0.395 e. The number of nitrogens with one attached hydrogen (secondary N) is 1. The topological polar surface area (TPSA) is 61.5 Å². The third kappa shape index (κ3) is 6.89. The Morgan fingerprint density at radius 1 is 1.69 bits per heavy atom. The Morgan fingerprint density at radius 2 is 2.38 bits per heavy atom. The van der Waals surface area contributed by atoms with Crippen molar-refractivity contribution in [3.8, 4) is 0 Å². The summed E-state index contributed by atoms with van der Waals surface area (Å²) < 4.78 is 0. The maximum absolute atomic E-state index is 8.69. The van der Waals surface area contributed by atoms with Crippen LogP contribution in [0.15, 0.2) is 11.1 Å². The second-order valence-corrected chi connectivity index (χ2v) is 3.59. The van der Waals surface area contributed by atoms with Crippen LogP contribution in [0.1, 0.15) is 0 Å². The fourth-order valence-electron chi connectivity index (χ4n) is 0.865. The Balaban J connectivity index is 3.82. The zero-order valence-corrected chi connectivity index (χ0v) is 9.10. The Kier molecular flexibility index (Phi) is 8.22. The zero-order chi connectivity index (χ0) is 10.1. The van der Waals surface area contributed by atoms with E-state index in [1.54, 1.807) is 11.8 Å². The van der Waals surface area contributed by atoms with Crippen molar-refractivity contribution in [1.29, 1.82) is 0 Å². The first kappa shape index (κ1) is 12.8. The van der Waals surface area contributed by atoms with Gasteiger partial charge < -0.3 is 16.2 Å². The molecular formula is C8H19N3OS. The standard InChI is InChI=1S/C8H19N3OS/c1-10-8(6-13-7-9)5-11(2)3-4-12/h6,10,12H,3-5,7,9H2,1-2H3/b8-6-. The molecule has 0 unspecified atom stereocenters. The van der Waals surface area contributed by atoms with E-state index in [9.17, 15) is 0 Å². The lowest BCUT2D eigenvalue weighted by Crippen LogP contribution is -2.28. The molecule has 0 amide bonds. The number of nitrogens with two attached hydrogens (primary N) is 1. The lowest BCUT2D eigenvalue weighted by molar-refractivity contribution is 0.229. The minimum atomic E-state index is 0.192. The van der Waals surface area contributed by atoms with E-state index in [2.05, 4.69) is 5.32 Å². The summed E-state index contributed by atoms with van der Waals surface area (Å²) in [5, 5.41) is 13.8. The van der Waals surface area contributed by atoms with Crippen molar-refractivity contribution in [2.45, 2.75) is 0 Å². The first-order valence-corrected chi connectivity index (χ1v) is 5.27. The summed E-state index contributed by atoms with van der Waals surface area (Å²) in [6.07, 6.45) is 0. The van der Waals surface area contributed by atoms with Crippen LogP contribution in [0.3, 0.4) is 0 Å². The summed E-state index contributed by atoms with van der Waals surface area (Å²) >= 11 is 1.56. The third-order valence-corrected chi connectivity index (χ3v) is 2.21. The molecule has 0 fully saturated rings. The van der Waals surface area contributed by atoms with Crippen molar-refractivity contribution in [2.75, 3.05) is 39.7 Å². The average Bonchev–Trinajstić information content (AvgIpc) is 2.12. The van der Waals surface area contributed by atoms with Crippen molar-refractivity contribution in [3.05, 3.63) is 11.1 Å². The SMILES string of the molecule is CN/C(=C\SCN)CN(C)CCO. The van der Waals surface area contributed by atoms with Gasteiger partial charge in [0.2, 0.25) is 0 Å². The molecule has 13 heavy (non-hydrogen) atoms. The molecule has 0 aliphatic rings. The van der Waals surface area contributed by atoms with Gasteiger partial charge in [0.15, 0.2) is 0 Å². The van der Waals surface area contributed by atoms with Gasteiger partial charge in [0.05, 0.1) is 6.61 Å². The molecule has 5 heteroatoms. The quantitative estimate of drug-likeness (QED) is 0.495. The molecule has 0 aliphatic carbocycles. The number of aliphatic hydroxyl groups is 1. The van der Waals surface area contributed by atoms with Crippen LogP contribution in [0.4, 0.5) is 0 Å². The molecule has 4 nitrogen and oxygen atoms in total. The van der Waals surface area contributed by atoms with Crippen LogP contribution in [-0.2, 0) is 0 Å². The van der Waals surface area contributed by atoms with Crippen molar-refractivity contribution < 1.29 is 5.11 Å². The van der Waals surface area contributed by atoms with Crippen LogP contribution in [0.5, 0.6) is 0 Å². The fraction of sp³-hybridized carbons (Fsp3) is 0.750. The van der Waals surface area contributed by atoms with E-state index in [1.165, 1.54) is 0 Å². The van der Waals surface area contributed by atoms with E-state index in [0.29, 0.717) is 12.4 Å². The van der Waals surface area contributed by atoms with Gasteiger partial charge in [-0.15, -0.1) is 11.8 Å². The number of nitrogens with zero attached hydrogens (tertiary/aromatic N) is 1. The number of thioether (sulfide) groups is 1. The Morgan fingerprint density at radius 3 is 2.85 bits per heavy atom. The highest BCUT2D eigenvalue weighted by Gasteiger charge is 1.99. The Labute approximate surface area is 84.2 Å². The molecule has 0 spiro atoms. The molecule has 0 aliphatic heterocycles. The number of likely N-dealkylation sites (N-methyl/N-ethyl adjacent to an activating group) is 2. The molecule has 0 heterocycles. The lowest BCUT2D eigenvalue weighted by Gasteiger charge is -2.17. The van der Waals surface area contributed by atoms with Gasteiger partial charge in [-0.25, -0.2) is 0 Å². The minimum absolute atomic E-state index is 0.192. The van der Waals surface area contributed by atoms with E-state index < -0.39 is 0 Å². The van der Waals surface area contributed by atoms with Crippen LogP contribution in [0.2, 0.25) is 0 Å². The molecule has 0 atom stereocenters. The van der Waals surface area contributed by atoms with E-state index >= 15 is 0 Å². The van der Waals surface area contributed by atoms with Gasteiger partial charge in [-0.1, -0.05) is 0 Å². The van der Waals surface area contributed by atoms with Crippen LogP contribution in [0, 0.1) is 0 Å². The second-order valence-electron chi connectivity index (χ2n) is 2.69. The van der Waals surface area contributed by atoms with E-state index in [1.807, 2.05) is 24.4 Å². The predicted molar refractivity (Wildman–Crippen MR) is 58.4 cm³/mol. The highest BCUT2D eigenvalue weighted by molar-refractivity contribution is 8.02. The molecule has 4 N–H and O–H groups in total. The Hall–Kier alpha value is -0.230. The summed E-state index contributed by atoms with van der Waals surface area (Å²) in [5.74, 6) is 0.592. The van der Waals surface area contributed by atoms with Gasteiger partial charge in [0.1, 0.15) is 0 Å². The average molecular weight is 205 g/mol.